The molecule has 3 aromatic carbocycles. The summed E-state index contributed by atoms with van der Waals surface area (Å²) in [6.07, 6.45) is -4.78. The van der Waals surface area contributed by atoms with Gasteiger partial charge in [-0.1, -0.05) is 54.6 Å². The van der Waals surface area contributed by atoms with Crippen LogP contribution in [-0.2, 0) is 16.2 Å². The van der Waals surface area contributed by atoms with Crippen LogP contribution in [0, 0.1) is 0 Å². The summed E-state index contributed by atoms with van der Waals surface area (Å²) in [5, 5.41) is 0. The third-order valence-electron chi connectivity index (χ3n) is 5.58. The topological polar surface area (TPSA) is 57.7 Å². The molecule has 0 N–H and O–H groups in total. The lowest BCUT2D eigenvalue weighted by atomic mass is 10.0. The van der Waals surface area contributed by atoms with E-state index in [9.17, 15) is 26.4 Å². The first kappa shape index (κ1) is 23.0. The predicted molar refractivity (Wildman–Crippen MR) is 118 cm³/mol. The standard InChI is InChI=1S/C24H21F3N2O3S/c25-24(26,27)21-8-4-5-9-22(21)33(31,32)29-16-14-28(15-17-29)23(30)20-12-10-19(11-13-20)18-6-2-1-3-7-18/h1-13H,14-17H2. The number of piperazine rings is 1. The van der Waals surface area contributed by atoms with Crippen molar-refractivity contribution in [3.8, 4) is 11.1 Å². The molecule has 1 aliphatic heterocycles. The lowest BCUT2D eigenvalue weighted by Crippen LogP contribution is -2.50. The van der Waals surface area contributed by atoms with Gasteiger partial charge in [-0.05, 0) is 35.4 Å². The van der Waals surface area contributed by atoms with E-state index in [0.29, 0.717) is 5.56 Å². The van der Waals surface area contributed by atoms with Crippen molar-refractivity contribution in [3.05, 3.63) is 90.0 Å². The molecule has 9 heteroatoms. The summed E-state index contributed by atoms with van der Waals surface area (Å²) in [4.78, 5) is 13.6. The minimum absolute atomic E-state index is 0.0810. The lowest BCUT2D eigenvalue weighted by Gasteiger charge is -2.34. The Morgan fingerprint density at radius 1 is 0.727 bits per heavy atom. The van der Waals surface area contributed by atoms with E-state index in [4.69, 9.17) is 0 Å². The van der Waals surface area contributed by atoms with E-state index in [2.05, 4.69) is 0 Å². The maximum Gasteiger partial charge on any atom is 0.417 e. The van der Waals surface area contributed by atoms with Gasteiger partial charge < -0.3 is 4.90 Å². The Kier molecular flexibility index (Phi) is 6.27. The summed E-state index contributed by atoms with van der Waals surface area (Å²) in [6, 6.07) is 21.0. The zero-order valence-corrected chi connectivity index (χ0v) is 18.3. The maximum atomic E-state index is 13.3. The van der Waals surface area contributed by atoms with Gasteiger partial charge in [0.05, 0.1) is 10.5 Å². The van der Waals surface area contributed by atoms with Crippen LogP contribution in [0.3, 0.4) is 0 Å². The normalized spacial score (nSPS) is 15.4. The van der Waals surface area contributed by atoms with Crippen molar-refractivity contribution in [2.75, 3.05) is 26.2 Å². The fourth-order valence-corrected chi connectivity index (χ4v) is 5.45. The molecule has 0 aromatic heterocycles. The number of rotatable bonds is 4. The number of sulfonamides is 1. The molecular formula is C24H21F3N2O3S. The van der Waals surface area contributed by atoms with Crippen molar-refractivity contribution in [2.24, 2.45) is 0 Å². The molecule has 0 aliphatic carbocycles. The van der Waals surface area contributed by atoms with Crippen molar-refractivity contribution >= 4 is 15.9 Å². The van der Waals surface area contributed by atoms with E-state index in [1.807, 2.05) is 42.5 Å². The Labute approximate surface area is 190 Å². The van der Waals surface area contributed by atoms with Gasteiger partial charge in [-0.15, -0.1) is 0 Å². The van der Waals surface area contributed by atoms with Crippen LogP contribution in [0.1, 0.15) is 15.9 Å². The van der Waals surface area contributed by atoms with Crippen LogP contribution in [-0.4, -0.2) is 49.7 Å². The van der Waals surface area contributed by atoms with Gasteiger partial charge in [0, 0.05) is 31.7 Å². The smallest absolute Gasteiger partial charge is 0.336 e. The van der Waals surface area contributed by atoms with Gasteiger partial charge in [0.15, 0.2) is 0 Å². The van der Waals surface area contributed by atoms with Gasteiger partial charge in [-0.3, -0.25) is 4.79 Å². The summed E-state index contributed by atoms with van der Waals surface area (Å²) in [5.74, 6) is -0.248. The Morgan fingerprint density at radius 2 is 1.27 bits per heavy atom. The number of carbonyl (C=O) groups excluding carboxylic acids is 1. The van der Waals surface area contributed by atoms with Crippen LogP contribution >= 0.6 is 0 Å². The van der Waals surface area contributed by atoms with Gasteiger partial charge >= 0.3 is 6.18 Å². The average Bonchev–Trinajstić information content (AvgIpc) is 2.84. The van der Waals surface area contributed by atoms with Crippen molar-refractivity contribution in [1.29, 1.82) is 0 Å². The molecule has 0 radical (unpaired) electrons. The first-order valence-corrected chi connectivity index (χ1v) is 11.7. The molecule has 33 heavy (non-hydrogen) atoms. The van der Waals surface area contributed by atoms with Crippen molar-refractivity contribution < 1.29 is 26.4 Å². The molecule has 5 nitrogen and oxygen atoms in total. The number of hydrogen-bond acceptors (Lipinski definition) is 3. The Balaban J connectivity index is 1.45. The number of hydrogen-bond donors (Lipinski definition) is 0. The molecule has 172 valence electrons. The number of benzene rings is 3. The predicted octanol–water partition coefficient (Wildman–Crippen LogP) is 4.52. The van der Waals surface area contributed by atoms with E-state index >= 15 is 0 Å². The maximum absolute atomic E-state index is 13.3. The summed E-state index contributed by atoms with van der Waals surface area (Å²) < 4.78 is 66.7. The van der Waals surface area contributed by atoms with Crippen LogP contribution in [0.15, 0.2) is 83.8 Å². The van der Waals surface area contributed by atoms with Crippen LogP contribution < -0.4 is 0 Å². The van der Waals surface area contributed by atoms with Gasteiger partial charge in [0.2, 0.25) is 10.0 Å². The second kappa shape index (κ2) is 8.99. The minimum Gasteiger partial charge on any atom is -0.336 e. The van der Waals surface area contributed by atoms with Crippen molar-refractivity contribution in [3.63, 3.8) is 0 Å². The number of halogens is 3. The van der Waals surface area contributed by atoms with E-state index in [0.717, 1.165) is 33.6 Å². The minimum atomic E-state index is -4.78. The van der Waals surface area contributed by atoms with Crippen LogP contribution in [0.25, 0.3) is 11.1 Å². The summed E-state index contributed by atoms with van der Waals surface area (Å²) in [6.45, 7) is 0.0180. The molecule has 1 fully saturated rings. The highest BCUT2D eigenvalue weighted by atomic mass is 32.2. The van der Waals surface area contributed by atoms with E-state index in [1.165, 1.54) is 11.0 Å². The van der Waals surface area contributed by atoms with Crippen molar-refractivity contribution in [2.45, 2.75) is 11.1 Å². The first-order chi connectivity index (χ1) is 15.7. The number of amides is 1. The Hall–Kier alpha value is -3.17. The molecule has 0 atom stereocenters. The second-order valence-corrected chi connectivity index (χ2v) is 9.54. The molecule has 1 amide bonds. The van der Waals surface area contributed by atoms with E-state index in [-0.39, 0.29) is 32.1 Å². The number of nitrogens with zero attached hydrogens (tertiary/aromatic N) is 2. The third kappa shape index (κ3) is 4.79. The highest BCUT2D eigenvalue weighted by molar-refractivity contribution is 7.89. The molecule has 4 rings (SSSR count). The summed E-state index contributed by atoms with van der Waals surface area (Å²) >= 11 is 0. The van der Waals surface area contributed by atoms with Crippen LogP contribution in [0.4, 0.5) is 13.2 Å². The molecule has 0 unspecified atom stereocenters. The zero-order chi connectivity index (χ0) is 23.6. The molecule has 3 aromatic rings. The largest absolute Gasteiger partial charge is 0.417 e. The van der Waals surface area contributed by atoms with Gasteiger partial charge in [0.1, 0.15) is 0 Å². The fourth-order valence-electron chi connectivity index (χ4n) is 3.81. The summed E-state index contributed by atoms with van der Waals surface area (Å²) in [7, 11) is -4.35. The van der Waals surface area contributed by atoms with Crippen LogP contribution in [0.5, 0.6) is 0 Å². The zero-order valence-electron chi connectivity index (χ0n) is 17.5. The second-order valence-electron chi connectivity index (χ2n) is 7.63. The highest BCUT2D eigenvalue weighted by Crippen LogP contribution is 2.35. The molecule has 1 saturated heterocycles. The van der Waals surface area contributed by atoms with E-state index < -0.39 is 26.7 Å². The number of carbonyl (C=O) groups is 1. The molecule has 0 spiro atoms. The summed E-state index contributed by atoms with van der Waals surface area (Å²) in [5.41, 5.74) is 1.26. The fraction of sp³-hybridized carbons (Fsp3) is 0.208. The first-order valence-electron chi connectivity index (χ1n) is 10.3. The van der Waals surface area contributed by atoms with Gasteiger partial charge in [0.25, 0.3) is 5.91 Å². The monoisotopic (exact) mass is 474 g/mol. The van der Waals surface area contributed by atoms with Gasteiger partial charge in [-0.2, -0.15) is 17.5 Å². The quantitative estimate of drug-likeness (QED) is 0.559. The third-order valence-corrected chi connectivity index (χ3v) is 7.53. The highest BCUT2D eigenvalue weighted by Gasteiger charge is 2.39. The van der Waals surface area contributed by atoms with Crippen LogP contribution in [0.2, 0.25) is 0 Å². The Morgan fingerprint density at radius 3 is 1.88 bits per heavy atom. The molecule has 1 aliphatic rings. The molecule has 1 heterocycles. The number of alkyl halides is 3. The van der Waals surface area contributed by atoms with E-state index in [1.54, 1.807) is 12.1 Å². The molecule has 0 bridgehead atoms. The van der Waals surface area contributed by atoms with Gasteiger partial charge in [-0.25, -0.2) is 8.42 Å². The molecule has 0 saturated carbocycles. The Bertz CT molecular complexity index is 1240. The average molecular weight is 475 g/mol. The molecular weight excluding hydrogens is 453 g/mol. The van der Waals surface area contributed by atoms with Crippen molar-refractivity contribution in [1.82, 2.24) is 9.21 Å². The SMILES string of the molecule is O=C(c1ccc(-c2ccccc2)cc1)N1CCN(S(=O)(=O)c2ccccc2C(F)(F)F)CC1. The lowest BCUT2D eigenvalue weighted by molar-refractivity contribution is -0.139.